The maximum Gasteiger partial charge on any atom is 0.0250 e. The minimum Gasteiger partial charge on any atom is -0.308 e. The van der Waals surface area contributed by atoms with Crippen molar-refractivity contribution < 1.29 is 0 Å². The van der Waals surface area contributed by atoms with Crippen LogP contribution in [0.5, 0.6) is 0 Å². The average Bonchev–Trinajstić information content (AvgIpc) is 2.19. The van der Waals surface area contributed by atoms with Gasteiger partial charge in [-0.2, -0.15) is 0 Å². The van der Waals surface area contributed by atoms with Crippen molar-refractivity contribution in [2.75, 3.05) is 0 Å². The lowest BCUT2D eigenvalue weighted by atomic mass is 9.99. The van der Waals surface area contributed by atoms with E-state index in [2.05, 4.69) is 32.9 Å². The van der Waals surface area contributed by atoms with Crippen molar-refractivity contribution in [3.05, 3.63) is 34.9 Å². The third-order valence-corrected chi connectivity index (χ3v) is 2.43. The van der Waals surface area contributed by atoms with Gasteiger partial charge in [0.05, 0.1) is 0 Å². The normalized spacial score (nSPS) is 23.6. The topological polar surface area (TPSA) is 23.9 Å². The Kier molecular flexibility index (Phi) is 2.64. The molecular formula is C11H15N. The van der Waals surface area contributed by atoms with Crippen LogP contribution in [0.25, 0.3) is 0 Å². The predicted octanol–water partition coefficient (Wildman–Crippen LogP) is 3.10. The molecule has 0 aromatic heterocycles. The zero-order valence-corrected chi connectivity index (χ0v) is 7.89. The second kappa shape index (κ2) is 3.53. The largest absolute Gasteiger partial charge is 0.308 e. The molecule has 1 heteroatoms. The van der Waals surface area contributed by atoms with Crippen LogP contribution in [0.2, 0.25) is 0 Å². The van der Waals surface area contributed by atoms with Gasteiger partial charge < -0.3 is 5.41 Å². The van der Waals surface area contributed by atoms with E-state index in [4.69, 9.17) is 5.41 Å². The number of rotatable bonds is 1. The first-order valence-corrected chi connectivity index (χ1v) is 4.23. The first-order valence-electron chi connectivity index (χ1n) is 4.23. The standard InChI is InChI=1S/C11H15N/c1-8-4-5-11(7-12)6-9(2)10(8)3/h4-8,12H,1-3H3. The van der Waals surface area contributed by atoms with Crippen LogP contribution in [0, 0.1) is 11.3 Å². The van der Waals surface area contributed by atoms with Gasteiger partial charge in [-0.15, -0.1) is 0 Å². The Morgan fingerprint density at radius 1 is 1.42 bits per heavy atom. The van der Waals surface area contributed by atoms with E-state index in [-0.39, 0.29) is 0 Å². The van der Waals surface area contributed by atoms with Crippen LogP contribution in [0.1, 0.15) is 20.8 Å². The van der Waals surface area contributed by atoms with Crippen LogP contribution in [0.4, 0.5) is 0 Å². The highest BCUT2D eigenvalue weighted by Gasteiger charge is 2.05. The first-order chi connectivity index (χ1) is 5.65. The lowest BCUT2D eigenvalue weighted by Crippen LogP contribution is -1.91. The van der Waals surface area contributed by atoms with Crippen LogP contribution in [-0.4, -0.2) is 6.21 Å². The fraction of sp³-hybridized carbons (Fsp3) is 0.364. The average molecular weight is 161 g/mol. The van der Waals surface area contributed by atoms with Gasteiger partial charge in [0, 0.05) is 6.21 Å². The maximum absolute atomic E-state index is 7.15. The molecule has 0 fully saturated rings. The van der Waals surface area contributed by atoms with Gasteiger partial charge in [0.15, 0.2) is 0 Å². The van der Waals surface area contributed by atoms with E-state index in [1.807, 2.05) is 6.08 Å². The molecule has 0 spiro atoms. The predicted molar refractivity (Wildman–Crippen MR) is 53.5 cm³/mol. The third kappa shape index (κ3) is 1.73. The Morgan fingerprint density at radius 2 is 2.08 bits per heavy atom. The zero-order valence-electron chi connectivity index (χ0n) is 7.89. The van der Waals surface area contributed by atoms with Gasteiger partial charge in [-0.25, -0.2) is 0 Å². The molecule has 0 aromatic rings. The lowest BCUT2D eigenvalue weighted by Gasteiger charge is -2.06. The molecule has 1 atom stereocenters. The minimum absolute atomic E-state index is 0.499. The van der Waals surface area contributed by atoms with Crippen LogP contribution >= 0.6 is 0 Å². The highest BCUT2D eigenvalue weighted by molar-refractivity contribution is 5.81. The van der Waals surface area contributed by atoms with Crippen LogP contribution < -0.4 is 0 Å². The summed E-state index contributed by atoms with van der Waals surface area (Å²) in [5, 5.41) is 7.15. The Labute approximate surface area is 74.0 Å². The van der Waals surface area contributed by atoms with Crippen molar-refractivity contribution >= 4 is 6.21 Å². The Hall–Kier alpha value is -1.11. The minimum atomic E-state index is 0.499. The molecule has 0 heterocycles. The third-order valence-electron chi connectivity index (χ3n) is 2.43. The molecule has 1 aliphatic rings. The molecule has 0 amide bonds. The summed E-state index contributed by atoms with van der Waals surface area (Å²) in [6, 6.07) is 0. The quantitative estimate of drug-likeness (QED) is 0.571. The van der Waals surface area contributed by atoms with Crippen molar-refractivity contribution in [3.63, 3.8) is 0 Å². The highest BCUT2D eigenvalue weighted by atomic mass is 14.3. The van der Waals surface area contributed by atoms with E-state index in [1.165, 1.54) is 17.4 Å². The van der Waals surface area contributed by atoms with Gasteiger partial charge in [0.2, 0.25) is 0 Å². The molecule has 0 saturated carbocycles. The van der Waals surface area contributed by atoms with Crippen molar-refractivity contribution in [1.82, 2.24) is 0 Å². The van der Waals surface area contributed by atoms with Gasteiger partial charge >= 0.3 is 0 Å². The van der Waals surface area contributed by atoms with Gasteiger partial charge in [0.1, 0.15) is 0 Å². The highest BCUT2D eigenvalue weighted by Crippen LogP contribution is 2.21. The van der Waals surface area contributed by atoms with Gasteiger partial charge in [-0.05, 0) is 25.3 Å². The number of nitrogens with one attached hydrogen (secondary N) is 1. The van der Waals surface area contributed by atoms with E-state index in [9.17, 15) is 0 Å². The van der Waals surface area contributed by atoms with Crippen molar-refractivity contribution in [2.24, 2.45) is 5.92 Å². The van der Waals surface area contributed by atoms with Crippen molar-refractivity contribution in [1.29, 1.82) is 5.41 Å². The van der Waals surface area contributed by atoms with Gasteiger partial charge in [0.25, 0.3) is 0 Å². The van der Waals surface area contributed by atoms with E-state index >= 15 is 0 Å². The molecule has 1 aliphatic carbocycles. The monoisotopic (exact) mass is 161 g/mol. The summed E-state index contributed by atoms with van der Waals surface area (Å²) in [6.07, 6.45) is 7.61. The smallest absolute Gasteiger partial charge is 0.0250 e. The fourth-order valence-corrected chi connectivity index (χ4v) is 1.26. The van der Waals surface area contributed by atoms with Crippen LogP contribution in [0.15, 0.2) is 34.9 Å². The van der Waals surface area contributed by atoms with E-state index in [1.54, 1.807) is 0 Å². The van der Waals surface area contributed by atoms with Crippen LogP contribution in [0.3, 0.4) is 0 Å². The fourth-order valence-electron chi connectivity index (χ4n) is 1.26. The summed E-state index contributed by atoms with van der Waals surface area (Å²) in [5.41, 5.74) is 3.66. The molecule has 0 aliphatic heterocycles. The second-order valence-corrected chi connectivity index (χ2v) is 3.30. The summed E-state index contributed by atoms with van der Waals surface area (Å²) >= 11 is 0. The Bertz CT molecular complexity index is 279. The molecule has 1 unspecified atom stereocenters. The molecule has 1 N–H and O–H groups in total. The summed E-state index contributed by atoms with van der Waals surface area (Å²) in [7, 11) is 0. The molecule has 0 radical (unpaired) electrons. The van der Waals surface area contributed by atoms with Crippen molar-refractivity contribution in [2.45, 2.75) is 20.8 Å². The van der Waals surface area contributed by atoms with E-state index in [0.717, 1.165) is 5.57 Å². The summed E-state index contributed by atoms with van der Waals surface area (Å²) in [4.78, 5) is 0. The molecule has 0 bridgehead atoms. The summed E-state index contributed by atoms with van der Waals surface area (Å²) in [6.45, 7) is 6.42. The molecule has 1 rings (SSSR count). The molecular weight excluding hydrogens is 146 g/mol. The molecule has 64 valence electrons. The second-order valence-electron chi connectivity index (χ2n) is 3.30. The number of hydrogen-bond donors (Lipinski definition) is 1. The van der Waals surface area contributed by atoms with Crippen molar-refractivity contribution in [3.8, 4) is 0 Å². The lowest BCUT2D eigenvalue weighted by molar-refractivity contribution is 0.853. The SMILES string of the molecule is CC1=C(C)C(C)C=CC(C=N)=C1. The summed E-state index contributed by atoms with van der Waals surface area (Å²) < 4.78 is 0. The zero-order chi connectivity index (χ0) is 9.14. The first kappa shape index (κ1) is 8.98. The van der Waals surface area contributed by atoms with Gasteiger partial charge in [-0.3, -0.25) is 0 Å². The Balaban J connectivity index is 3.09. The maximum atomic E-state index is 7.15. The number of hydrogen-bond acceptors (Lipinski definition) is 1. The summed E-state index contributed by atoms with van der Waals surface area (Å²) in [5.74, 6) is 0.499. The van der Waals surface area contributed by atoms with Gasteiger partial charge in [-0.1, -0.05) is 36.3 Å². The number of allylic oxidation sites excluding steroid dienone is 6. The molecule has 0 aromatic carbocycles. The Morgan fingerprint density at radius 3 is 2.67 bits per heavy atom. The van der Waals surface area contributed by atoms with E-state index < -0.39 is 0 Å². The molecule has 1 nitrogen and oxygen atoms in total. The van der Waals surface area contributed by atoms with Crippen LogP contribution in [-0.2, 0) is 0 Å². The molecule has 12 heavy (non-hydrogen) atoms. The molecule has 0 saturated heterocycles. The van der Waals surface area contributed by atoms with E-state index in [0.29, 0.717) is 5.92 Å².